The number of oxazole rings is 1. The molecule has 1 saturated heterocycles. The van der Waals surface area contributed by atoms with Crippen LogP contribution in [0, 0.1) is 5.92 Å². The minimum absolute atomic E-state index is 0.0600. The summed E-state index contributed by atoms with van der Waals surface area (Å²) < 4.78 is 13.8. The molecule has 0 spiro atoms. The number of fused-ring (bicyclic) bond motifs is 1. The second-order valence-electron chi connectivity index (χ2n) is 7.13. The third-order valence-corrected chi connectivity index (χ3v) is 5.23. The SMILES string of the molecule is Cn1ccnc1[C@@H]1OCC[C@H]1CNc1ccc2oc(C3CC3)nc2c1. The van der Waals surface area contributed by atoms with Crippen LogP contribution in [0.3, 0.4) is 0 Å². The van der Waals surface area contributed by atoms with E-state index < -0.39 is 0 Å². The maximum Gasteiger partial charge on any atom is 0.198 e. The molecule has 6 nitrogen and oxygen atoms in total. The summed E-state index contributed by atoms with van der Waals surface area (Å²) in [5.74, 6) is 2.85. The number of benzene rings is 1. The van der Waals surface area contributed by atoms with Gasteiger partial charge in [-0.1, -0.05) is 0 Å². The number of rotatable bonds is 5. The number of hydrogen-bond acceptors (Lipinski definition) is 5. The van der Waals surface area contributed by atoms with Crippen LogP contribution in [0.1, 0.15) is 43.0 Å². The van der Waals surface area contributed by atoms with E-state index in [4.69, 9.17) is 9.15 Å². The number of hydrogen-bond donors (Lipinski definition) is 1. The van der Waals surface area contributed by atoms with Crippen LogP contribution in [0.5, 0.6) is 0 Å². The van der Waals surface area contributed by atoms with Crippen LogP contribution in [-0.2, 0) is 11.8 Å². The maximum absolute atomic E-state index is 5.94. The highest BCUT2D eigenvalue weighted by atomic mass is 16.5. The molecule has 2 fully saturated rings. The molecule has 2 aromatic heterocycles. The number of aryl methyl sites for hydroxylation is 1. The summed E-state index contributed by atoms with van der Waals surface area (Å²) in [5.41, 5.74) is 2.89. The van der Waals surface area contributed by atoms with Crippen molar-refractivity contribution in [3.05, 3.63) is 42.3 Å². The highest BCUT2D eigenvalue weighted by Gasteiger charge is 2.32. The van der Waals surface area contributed by atoms with Gasteiger partial charge >= 0.3 is 0 Å². The first kappa shape index (κ1) is 15.0. The molecule has 25 heavy (non-hydrogen) atoms. The van der Waals surface area contributed by atoms with Crippen molar-refractivity contribution in [2.45, 2.75) is 31.3 Å². The largest absolute Gasteiger partial charge is 0.440 e. The van der Waals surface area contributed by atoms with Crippen molar-refractivity contribution in [2.24, 2.45) is 13.0 Å². The van der Waals surface area contributed by atoms with Crippen molar-refractivity contribution in [3.8, 4) is 0 Å². The zero-order valence-electron chi connectivity index (χ0n) is 14.3. The summed E-state index contributed by atoms with van der Waals surface area (Å²) in [6.07, 6.45) is 7.31. The molecular formula is C19H22N4O2. The molecule has 0 unspecified atom stereocenters. The van der Waals surface area contributed by atoms with E-state index in [9.17, 15) is 0 Å². The Balaban J connectivity index is 1.30. The summed E-state index contributed by atoms with van der Waals surface area (Å²) in [6, 6.07) is 6.16. The van der Waals surface area contributed by atoms with Crippen molar-refractivity contribution in [3.63, 3.8) is 0 Å². The van der Waals surface area contributed by atoms with Gasteiger partial charge in [-0.15, -0.1) is 0 Å². The lowest BCUT2D eigenvalue weighted by molar-refractivity contribution is 0.0839. The minimum atomic E-state index is 0.0600. The van der Waals surface area contributed by atoms with Gasteiger partial charge in [0.2, 0.25) is 0 Å². The van der Waals surface area contributed by atoms with Crippen molar-refractivity contribution < 1.29 is 9.15 Å². The normalized spacial score (nSPS) is 23.4. The summed E-state index contributed by atoms with van der Waals surface area (Å²) >= 11 is 0. The monoisotopic (exact) mass is 338 g/mol. The minimum Gasteiger partial charge on any atom is -0.440 e. The summed E-state index contributed by atoms with van der Waals surface area (Å²) in [7, 11) is 2.02. The Labute approximate surface area is 146 Å². The summed E-state index contributed by atoms with van der Waals surface area (Å²) in [6.45, 7) is 1.65. The molecule has 1 saturated carbocycles. The van der Waals surface area contributed by atoms with Crippen LogP contribution in [0.25, 0.3) is 11.1 Å². The van der Waals surface area contributed by atoms with E-state index >= 15 is 0 Å². The van der Waals surface area contributed by atoms with Crippen molar-refractivity contribution in [1.29, 1.82) is 0 Å². The average molecular weight is 338 g/mol. The number of anilines is 1. The Kier molecular flexibility index (Phi) is 3.52. The molecule has 3 aromatic rings. The Morgan fingerprint density at radius 3 is 3.00 bits per heavy atom. The van der Waals surface area contributed by atoms with E-state index in [0.717, 1.165) is 48.1 Å². The number of nitrogens with one attached hydrogen (secondary N) is 1. The van der Waals surface area contributed by atoms with Gasteiger partial charge in [-0.2, -0.15) is 0 Å². The van der Waals surface area contributed by atoms with Crippen molar-refractivity contribution in [2.75, 3.05) is 18.5 Å². The van der Waals surface area contributed by atoms with Crippen LogP contribution in [0.4, 0.5) is 5.69 Å². The van der Waals surface area contributed by atoms with Crippen LogP contribution in [-0.4, -0.2) is 27.7 Å². The second kappa shape index (κ2) is 5.88. The van der Waals surface area contributed by atoms with Gasteiger partial charge in [0.15, 0.2) is 11.5 Å². The lowest BCUT2D eigenvalue weighted by atomic mass is 10.0. The van der Waals surface area contributed by atoms with Crippen molar-refractivity contribution >= 4 is 16.8 Å². The fraction of sp³-hybridized carbons (Fsp3) is 0.474. The molecule has 1 aliphatic carbocycles. The van der Waals surface area contributed by atoms with E-state index in [2.05, 4.69) is 27.4 Å². The predicted octanol–water partition coefficient (Wildman–Crippen LogP) is 3.63. The Bertz CT molecular complexity index is 896. The lowest BCUT2D eigenvalue weighted by Gasteiger charge is -2.19. The van der Waals surface area contributed by atoms with Crippen LogP contribution in [0.15, 0.2) is 35.0 Å². The average Bonchev–Trinajstić information content (AvgIpc) is 3.02. The fourth-order valence-corrected chi connectivity index (χ4v) is 3.59. The quantitative estimate of drug-likeness (QED) is 0.769. The van der Waals surface area contributed by atoms with Gasteiger partial charge in [0.1, 0.15) is 17.4 Å². The number of nitrogens with zero attached hydrogens (tertiary/aromatic N) is 3. The Morgan fingerprint density at radius 1 is 1.28 bits per heavy atom. The second-order valence-corrected chi connectivity index (χ2v) is 7.13. The first-order chi connectivity index (χ1) is 12.3. The van der Waals surface area contributed by atoms with E-state index in [0.29, 0.717) is 11.8 Å². The van der Waals surface area contributed by atoms with Gasteiger partial charge in [-0.25, -0.2) is 9.97 Å². The van der Waals surface area contributed by atoms with Gasteiger partial charge in [-0.05, 0) is 37.5 Å². The molecule has 0 amide bonds. The van der Waals surface area contributed by atoms with Crippen molar-refractivity contribution in [1.82, 2.24) is 14.5 Å². The number of aromatic nitrogens is 3. The molecule has 130 valence electrons. The lowest BCUT2D eigenvalue weighted by Crippen LogP contribution is -2.20. The van der Waals surface area contributed by atoms with Gasteiger partial charge < -0.3 is 19.0 Å². The molecule has 2 aliphatic rings. The molecule has 1 aliphatic heterocycles. The highest BCUT2D eigenvalue weighted by molar-refractivity contribution is 5.77. The first-order valence-corrected chi connectivity index (χ1v) is 9.01. The zero-order valence-corrected chi connectivity index (χ0v) is 14.3. The van der Waals surface area contributed by atoms with E-state index in [1.807, 2.05) is 30.1 Å². The van der Waals surface area contributed by atoms with E-state index in [-0.39, 0.29) is 6.10 Å². The molecule has 1 N–H and O–H groups in total. The molecule has 0 radical (unpaired) electrons. The molecule has 5 rings (SSSR count). The van der Waals surface area contributed by atoms with Crippen LogP contribution in [0.2, 0.25) is 0 Å². The van der Waals surface area contributed by atoms with E-state index in [1.54, 1.807) is 0 Å². The topological polar surface area (TPSA) is 65.1 Å². The highest BCUT2D eigenvalue weighted by Crippen LogP contribution is 2.40. The zero-order chi connectivity index (χ0) is 16.8. The first-order valence-electron chi connectivity index (χ1n) is 9.01. The number of imidazole rings is 1. The third kappa shape index (κ3) is 2.80. The molecule has 3 heterocycles. The molecule has 0 bridgehead atoms. The van der Waals surface area contributed by atoms with Gasteiger partial charge in [-0.3, -0.25) is 0 Å². The third-order valence-electron chi connectivity index (χ3n) is 5.23. The fourth-order valence-electron chi connectivity index (χ4n) is 3.59. The van der Waals surface area contributed by atoms with Crippen LogP contribution < -0.4 is 5.32 Å². The van der Waals surface area contributed by atoms with Gasteiger partial charge in [0.05, 0.1) is 0 Å². The van der Waals surface area contributed by atoms with Gasteiger partial charge in [0, 0.05) is 50.1 Å². The van der Waals surface area contributed by atoms with Gasteiger partial charge in [0.25, 0.3) is 0 Å². The van der Waals surface area contributed by atoms with E-state index in [1.165, 1.54) is 12.8 Å². The summed E-state index contributed by atoms with van der Waals surface area (Å²) in [5, 5.41) is 3.55. The summed E-state index contributed by atoms with van der Waals surface area (Å²) in [4.78, 5) is 9.09. The predicted molar refractivity (Wildman–Crippen MR) is 94.5 cm³/mol. The Morgan fingerprint density at radius 2 is 2.20 bits per heavy atom. The van der Waals surface area contributed by atoms with Crippen LogP contribution >= 0.6 is 0 Å². The molecule has 6 heteroatoms. The molecule has 2 atom stereocenters. The molecular weight excluding hydrogens is 316 g/mol. The standard InChI is InChI=1S/C19H22N4O2/c1-23-8-7-20-18(23)17-13(6-9-24-17)11-21-14-4-5-16-15(10-14)22-19(25-16)12-2-3-12/h4-5,7-8,10,12-13,17,21H,2-3,6,9,11H2,1H3/t13-,17+/m0/s1. The maximum atomic E-state index is 5.94. The smallest absolute Gasteiger partial charge is 0.198 e. The Hall–Kier alpha value is -2.34. The molecule has 1 aromatic carbocycles. The number of ether oxygens (including phenoxy) is 1.